The molecule has 0 saturated carbocycles. The van der Waals surface area contributed by atoms with Crippen molar-refractivity contribution >= 4 is 48.5 Å². The molecular weight excluding hydrogens is 897 g/mol. The summed E-state index contributed by atoms with van der Waals surface area (Å²) in [5.74, 6) is 0. The van der Waals surface area contributed by atoms with Gasteiger partial charge in [-0.1, -0.05) is 263 Å². The van der Waals surface area contributed by atoms with Gasteiger partial charge in [-0.25, -0.2) is 0 Å². The molecule has 0 bridgehead atoms. The maximum atomic E-state index is 7.47. The van der Waals surface area contributed by atoms with Crippen molar-refractivity contribution in [1.29, 1.82) is 0 Å². The minimum Gasteiger partial charge on any atom is -0.407 e. The highest BCUT2D eigenvalue weighted by Gasteiger charge is 2.42. The molecule has 3 rings (SSSR count). The Balaban J connectivity index is 1.43. The van der Waals surface area contributed by atoms with Crippen molar-refractivity contribution in [2.45, 2.75) is 270 Å². The molecule has 0 aliphatic heterocycles. The topological polar surface area (TPSA) is 18.5 Å². The first-order valence-electron chi connectivity index (χ1n) is 26.0. The van der Waals surface area contributed by atoms with E-state index in [0.717, 1.165) is 8.95 Å². The standard InChI is InChI=1S/C54H94Br2O2Si2/c1-7-9-11-13-15-17-19-21-23-25-27-29-31-33-35-37-43-59(3,4)57-53-51-45-47(55)39-41-49(51)50-42-40-48(56)46-52(50)54(53)58-60(5,6)44-38-36-34-32-30-28-26-24-22-20-18-16-14-12-10-8-2/h39-42,45-46,53-54H,7-38,43-44H2,1-6H3. The van der Waals surface area contributed by atoms with E-state index in [1.165, 1.54) is 240 Å². The first-order chi connectivity index (χ1) is 29.1. The lowest BCUT2D eigenvalue weighted by molar-refractivity contribution is 0.0381. The van der Waals surface area contributed by atoms with Crippen molar-refractivity contribution in [1.82, 2.24) is 0 Å². The van der Waals surface area contributed by atoms with Crippen LogP contribution in [0.2, 0.25) is 38.3 Å². The highest BCUT2D eigenvalue weighted by Crippen LogP contribution is 2.51. The predicted molar refractivity (Wildman–Crippen MR) is 279 cm³/mol. The van der Waals surface area contributed by atoms with Gasteiger partial charge in [0.05, 0.1) is 0 Å². The van der Waals surface area contributed by atoms with E-state index in [0.29, 0.717) is 0 Å². The zero-order valence-corrected chi connectivity index (χ0v) is 45.4. The SMILES string of the molecule is CCCCCCCCCCCCCCCCCC[Si](C)(C)OC1c2cc(Br)ccc2-c2ccc(Br)cc2C1O[Si](C)(C)CCCCCCCCCCCCCCCCCC. The number of benzene rings is 2. The summed E-state index contributed by atoms with van der Waals surface area (Å²) in [6.45, 7) is 14.5. The smallest absolute Gasteiger partial charge is 0.187 e. The van der Waals surface area contributed by atoms with Crippen LogP contribution in [0.15, 0.2) is 45.3 Å². The van der Waals surface area contributed by atoms with Gasteiger partial charge in [-0.15, -0.1) is 0 Å². The lowest BCUT2D eigenvalue weighted by Gasteiger charge is -2.42. The van der Waals surface area contributed by atoms with E-state index in [-0.39, 0.29) is 12.2 Å². The van der Waals surface area contributed by atoms with E-state index < -0.39 is 16.6 Å². The summed E-state index contributed by atoms with van der Waals surface area (Å²) in [6.07, 6.45) is 45.0. The van der Waals surface area contributed by atoms with Gasteiger partial charge in [0.15, 0.2) is 16.6 Å². The molecule has 6 heteroatoms. The molecule has 2 aromatic carbocycles. The van der Waals surface area contributed by atoms with E-state index in [1.807, 2.05) is 0 Å². The number of fused-ring (bicyclic) bond motifs is 3. The number of unbranched alkanes of at least 4 members (excludes halogenated alkanes) is 30. The summed E-state index contributed by atoms with van der Waals surface area (Å²) in [4.78, 5) is 0. The quantitative estimate of drug-likeness (QED) is 0.0493. The lowest BCUT2D eigenvalue weighted by atomic mass is 9.82. The Kier molecular flexibility index (Phi) is 29.2. The van der Waals surface area contributed by atoms with Gasteiger partial charge in [-0.3, -0.25) is 0 Å². The van der Waals surface area contributed by atoms with E-state index >= 15 is 0 Å². The molecule has 0 amide bonds. The Labute approximate surface area is 392 Å². The summed E-state index contributed by atoms with van der Waals surface area (Å²) < 4.78 is 17.2. The summed E-state index contributed by atoms with van der Waals surface area (Å²) in [6, 6.07) is 16.0. The van der Waals surface area contributed by atoms with Crippen molar-refractivity contribution in [3.63, 3.8) is 0 Å². The Morgan fingerprint density at radius 1 is 0.367 bits per heavy atom. The third-order valence-electron chi connectivity index (χ3n) is 13.4. The van der Waals surface area contributed by atoms with Crippen LogP contribution >= 0.6 is 31.9 Å². The summed E-state index contributed by atoms with van der Waals surface area (Å²) >= 11 is 7.68. The van der Waals surface area contributed by atoms with E-state index in [9.17, 15) is 0 Å². The molecule has 0 radical (unpaired) electrons. The molecule has 0 N–H and O–H groups in total. The second-order valence-electron chi connectivity index (χ2n) is 20.2. The molecule has 2 unspecified atom stereocenters. The van der Waals surface area contributed by atoms with Crippen LogP contribution in [-0.2, 0) is 8.85 Å². The molecule has 2 aromatic rings. The summed E-state index contributed by atoms with van der Waals surface area (Å²) in [7, 11) is -3.98. The van der Waals surface area contributed by atoms with Crippen molar-refractivity contribution in [2.24, 2.45) is 0 Å². The van der Waals surface area contributed by atoms with Crippen molar-refractivity contribution in [3.05, 3.63) is 56.5 Å². The van der Waals surface area contributed by atoms with Crippen LogP contribution in [0.3, 0.4) is 0 Å². The predicted octanol–water partition coefficient (Wildman–Crippen LogP) is 20.9. The molecule has 0 fully saturated rings. The molecule has 1 aliphatic rings. The number of halogens is 2. The number of hydrogen-bond donors (Lipinski definition) is 0. The molecule has 0 heterocycles. The van der Waals surface area contributed by atoms with Crippen LogP contribution in [0.5, 0.6) is 0 Å². The van der Waals surface area contributed by atoms with Crippen LogP contribution < -0.4 is 0 Å². The maximum absolute atomic E-state index is 7.47. The van der Waals surface area contributed by atoms with Gasteiger partial charge in [-0.2, -0.15) is 0 Å². The highest BCUT2D eigenvalue weighted by molar-refractivity contribution is 9.10. The Bertz CT molecular complexity index is 1280. The summed E-state index contributed by atoms with van der Waals surface area (Å²) in [5, 5.41) is 0. The largest absolute Gasteiger partial charge is 0.407 e. The number of rotatable bonds is 38. The monoisotopic (exact) mass is 989 g/mol. The zero-order valence-electron chi connectivity index (χ0n) is 40.2. The van der Waals surface area contributed by atoms with Crippen LogP contribution in [-0.4, -0.2) is 16.6 Å². The van der Waals surface area contributed by atoms with E-state index in [1.54, 1.807) is 0 Å². The van der Waals surface area contributed by atoms with Crippen LogP contribution in [0.1, 0.15) is 243 Å². The molecule has 0 saturated heterocycles. The maximum Gasteiger partial charge on any atom is 0.187 e. The average Bonchev–Trinajstić information content (AvgIpc) is 3.21. The van der Waals surface area contributed by atoms with Gasteiger partial charge < -0.3 is 8.85 Å². The Morgan fingerprint density at radius 3 is 0.850 bits per heavy atom. The molecule has 2 atom stereocenters. The molecule has 0 spiro atoms. The van der Waals surface area contributed by atoms with Gasteiger partial charge >= 0.3 is 0 Å². The second-order valence-corrected chi connectivity index (χ2v) is 30.5. The van der Waals surface area contributed by atoms with Crippen molar-refractivity contribution in [3.8, 4) is 11.1 Å². The minimum absolute atomic E-state index is 0.0837. The fraction of sp³-hybridized carbons (Fsp3) is 0.778. The molecule has 2 nitrogen and oxygen atoms in total. The Morgan fingerprint density at radius 2 is 0.600 bits per heavy atom. The van der Waals surface area contributed by atoms with Gasteiger partial charge in [0.2, 0.25) is 0 Å². The second kappa shape index (κ2) is 32.4. The third-order valence-corrected chi connectivity index (χ3v) is 19.2. The van der Waals surface area contributed by atoms with Crippen LogP contribution in [0.4, 0.5) is 0 Å². The van der Waals surface area contributed by atoms with Crippen molar-refractivity contribution in [2.75, 3.05) is 0 Å². The van der Waals surface area contributed by atoms with Gasteiger partial charge in [0.25, 0.3) is 0 Å². The van der Waals surface area contributed by atoms with E-state index in [2.05, 4.69) is 108 Å². The normalized spacial score (nSPS) is 15.4. The summed E-state index contributed by atoms with van der Waals surface area (Å²) in [5.41, 5.74) is 5.19. The highest BCUT2D eigenvalue weighted by atomic mass is 79.9. The molecule has 1 aliphatic carbocycles. The van der Waals surface area contributed by atoms with Gasteiger partial charge in [-0.05, 0) is 84.8 Å². The van der Waals surface area contributed by atoms with Crippen molar-refractivity contribution < 1.29 is 8.85 Å². The fourth-order valence-corrected chi connectivity index (χ4v) is 14.7. The van der Waals surface area contributed by atoms with Crippen LogP contribution in [0, 0.1) is 0 Å². The molecular formula is C54H94Br2O2Si2. The minimum atomic E-state index is -1.99. The van der Waals surface area contributed by atoms with Gasteiger partial charge in [0.1, 0.15) is 12.2 Å². The lowest BCUT2D eigenvalue weighted by Crippen LogP contribution is -2.40. The first kappa shape index (κ1) is 54.1. The molecule has 0 aromatic heterocycles. The number of hydrogen-bond acceptors (Lipinski definition) is 2. The van der Waals surface area contributed by atoms with Crippen LogP contribution in [0.25, 0.3) is 11.1 Å². The first-order valence-corrected chi connectivity index (χ1v) is 33.8. The fourth-order valence-electron chi connectivity index (χ4n) is 9.61. The van der Waals surface area contributed by atoms with E-state index in [4.69, 9.17) is 8.85 Å². The Hall–Kier alpha value is -0.246. The molecule has 60 heavy (non-hydrogen) atoms. The zero-order chi connectivity index (χ0) is 43.3. The third kappa shape index (κ3) is 23.1. The average molecular weight is 991 g/mol. The molecule has 344 valence electrons. The van der Waals surface area contributed by atoms with Gasteiger partial charge in [0, 0.05) is 8.95 Å².